The SMILES string of the molecule is CC(C)CN(CC(=O)O)C(=O)c1ccoc1Cl. The molecule has 0 unspecified atom stereocenters. The van der Waals surface area contributed by atoms with Crippen LogP contribution in [0, 0.1) is 5.92 Å². The van der Waals surface area contributed by atoms with E-state index < -0.39 is 11.9 Å². The highest BCUT2D eigenvalue weighted by molar-refractivity contribution is 6.32. The van der Waals surface area contributed by atoms with Gasteiger partial charge in [-0.15, -0.1) is 0 Å². The number of carboxylic acids is 1. The molecule has 0 spiro atoms. The second-order valence-corrected chi connectivity index (χ2v) is 4.42. The zero-order chi connectivity index (χ0) is 13.0. The fraction of sp³-hybridized carbons (Fsp3) is 0.455. The van der Waals surface area contributed by atoms with E-state index in [-0.39, 0.29) is 23.2 Å². The summed E-state index contributed by atoms with van der Waals surface area (Å²) in [5.74, 6) is -1.32. The molecule has 6 heteroatoms. The van der Waals surface area contributed by atoms with Crippen LogP contribution in [0.25, 0.3) is 0 Å². The molecule has 1 aromatic rings. The maximum Gasteiger partial charge on any atom is 0.323 e. The van der Waals surface area contributed by atoms with Crippen LogP contribution in [0.3, 0.4) is 0 Å². The minimum absolute atomic E-state index is 0.0193. The summed E-state index contributed by atoms with van der Waals surface area (Å²) in [7, 11) is 0. The Bertz CT molecular complexity index is 413. The second kappa shape index (κ2) is 5.72. The van der Waals surface area contributed by atoms with Crippen molar-refractivity contribution >= 4 is 23.5 Å². The molecule has 1 N–H and O–H groups in total. The van der Waals surface area contributed by atoms with Crippen LogP contribution in [-0.2, 0) is 4.79 Å². The lowest BCUT2D eigenvalue weighted by Crippen LogP contribution is -2.38. The zero-order valence-electron chi connectivity index (χ0n) is 9.64. The van der Waals surface area contributed by atoms with Gasteiger partial charge in [0.2, 0.25) is 5.22 Å². The molecule has 1 rings (SSSR count). The third-order valence-corrected chi connectivity index (χ3v) is 2.34. The molecular weight excluding hydrogens is 246 g/mol. The van der Waals surface area contributed by atoms with Crippen LogP contribution in [-0.4, -0.2) is 35.0 Å². The molecule has 0 bridgehead atoms. The van der Waals surface area contributed by atoms with Crippen LogP contribution < -0.4 is 0 Å². The molecule has 1 heterocycles. The molecule has 17 heavy (non-hydrogen) atoms. The van der Waals surface area contributed by atoms with Gasteiger partial charge in [0.15, 0.2) is 0 Å². The summed E-state index contributed by atoms with van der Waals surface area (Å²) in [5, 5.41) is 8.74. The van der Waals surface area contributed by atoms with E-state index in [1.165, 1.54) is 17.2 Å². The van der Waals surface area contributed by atoms with Gasteiger partial charge in [-0.05, 0) is 23.6 Å². The summed E-state index contributed by atoms with van der Waals surface area (Å²) < 4.78 is 4.82. The molecule has 0 aromatic carbocycles. The van der Waals surface area contributed by atoms with Crippen LogP contribution in [0.2, 0.25) is 5.22 Å². The summed E-state index contributed by atoms with van der Waals surface area (Å²) in [6, 6.07) is 1.43. The van der Waals surface area contributed by atoms with E-state index in [4.69, 9.17) is 21.1 Å². The first kappa shape index (κ1) is 13.6. The van der Waals surface area contributed by atoms with Gasteiger partial charge in [0.25, 0.3) is 5.91 Å². The van der Waals surface area contributed by atoms with E-state index in [1.807, 2.05) is 13.8 Å². The number of nitrogens with zero attached hydrogens (tertiary/aromatic N) is 1. The molecule has 0 fully saturated rings. The normalized spacial score (nSPS) is 10.6. The monoisotopic (exact) mass is 259 g/mol. The molecule has 5 nitrogen and oxygen atoms in total. The molecule has 1 amide bonds. The fourth-order valence-electron chi connectivity index (χ4n) is 1.44. The van der Waals surface area contributed by atoms with E-state index in [0.29, 0.717) is 6.54 Å². The number of aliphatic carboxylic acids is 1. The second-order valence-electron chi connectivity index (χ2n) is 4.08. The van der Waals surface area contributed by atoms with Gasteiger partial charge in [-0.3, -0.25) is 9.59 Å². The van der Waals surface area contributed by atoms with Crippen molar-refractivity contribution in [3.63, 3.8) is 0 Å². The number of amides is 1. The molecule has 0 saturated carbocycles. The Morgan fingerprint density at radius 2 is 2.18 bits per heavy atom. The van der Waals surface area contributed by atoms with Crippen molar-refractivity contribution in [2.24, 2.45) is 5.92 Å². The van der Waals surface area contributed by atoms with Crippen molar-refractivity contribution in [2.45, 2.75) is 13.8 Å². The lowest BCUT2D eigenvalue weighted by Gasteiger charge is -2.22. The average molecular weight is 260 g/mol. The molecule has 0 saturated heterocycles. The minimum atomic E-state index is -1.06. The standard InChI is InChI=1S/C11H14ClNO4/c1-7(2)5-13(6-9(14)15)11(16)8-3-4-17-10(8)12/h3-4,7H,5-6H2,1-2H3,(H,14,15). The predicted molar refractivity (Wildman–Crippen MR) is 62.1 cm³/mol. The van der Waals surface area contributed by atoms with Gasteiger partial charge < -0.3 is 14.4 Å². The first-order valence-corrected chi connectivity index (χ1v) is 5.53. The maximum atomic E-state index is 12.0. The van der Waals surface area contributed by atoms with E-state index in [2.05, 4.69) is 0 Å². The summed E-state index contributed by atoms with van der Waals surface area (Å²) in [6.07, 6.45) is 1.30. The zero-order valence-corrected chi connectivity index (χ0v) is 10.4. The molecule has 0 aliphatic heterocycles. The number of carbonyl (C=O) groups excluding carboxylic acids is 1. The Kier molecular flexibility index (Phi) is 4.57. The minimum Gasteiger partial charge on any atom is -0.480 e. The first-order chi connectivity index (χ1) is 7.91. The number of rotatable bonds is 5. The predicted octanol–water partition coefficient (Wildman–Crippen LogP) is 2.12. The lowest BCUT2D eigenvalue weighted by atomic mass is 10.2. The third kappa shape index (κ3) is 3.78. The highest BCUT2D eigenvalue weighted by Crippen LogP contribution is 2.19. The van der Waals surface area contributed by atoms with Gasteiger partial charge in [0.05, 0.1) is 11.8 Å². The van der Waals surface area contributed by atoms with E-state index in [9.17, 15) is 9.59 Å². The summed E-state index contributed by atoms with van der Waals surface area (Å²) in [6.45, 7) is 3.81. The number of halogens is 1. The third-order valence-electron chi connectivity index (χ3n) is 2.05. The Hall–Kier alpha value is -1.49. The molecule has 0 atom stereocenters. The Morgan fingerprint density at radius 3 is 2.59 bits per heavy atom. The van der Waals surface area contributed by atoms with Crippen molar-refractivity contribution < 1.29 is 19.1 Å². The van der Waals surface area contributed by atoms with Crippen LogP contribution in [0.1, 0.15) is 24.2 Å². The van der Waals surface area contributed by atoms with Crippen LogP contribution in [0.15, 0.2) is 16.7 Å². The molecule has 1 aromatic heterocycles. The van der Waals surface area contributed by atoms with Gasteiger partial charge >= 0.3 is 5.97 Å². The quantitative estimate of drug-likeness (QED) is 0.879. The summed E-state index contributed by atoms with van der Waals surface area (Å²) >= 11 is 5.69. The number of hydrogen-bond acceptors (Lipinski definition) is 3. The van der Waals surface area contributed by atoms with Gasteiger partial charge in [-0.1, -0.05) is 13.8 Å². The lowest BCUT2D eigenvalue weighted by molar-refractivity contribution is -0.137. The van der Waals surface area contributed by atoms with Crippen LogP contribution in [0.4, 0.5) is 0 Å². The van der Waals surface area contributed by atoms with Crippen molar-refractivity contribution in [3.05, 3.63) is 23.1 Å². The van der Waals surface area contributed by atoms with E-state index in [1.54, 1.807) is 0 Å². The van der Waals surface area contributed by atoms with Gasteiger partial charge in [-0.2, -0.15) is 0 Å². The van der Waals surface area contributed by atoms with E-state index in [0.717, 1.165) is 0 Å². The van der Waals surface area contributed by atoms with Crippen molar-refractivity contribution in [2.75, 3.05) is 13.1 Å². The molecule has 0 aliphatic carbocycles. The molecule has 0 aliphatic rings. The number of carboxylic acid groups (broad SMARTS) is 1. The Labute approximate surface area is 104 Å². The Balaban J connectivity index is 2.86. The van der Waals surface area contributed by atoms with Crippen LogP contribution >= 0.6 is 11.6 Å². The highest BCUT2D eigenvalue weighted by Gasteiger charge is 2.22. The Morgan fingerprint density at radius 1 is 1.53 bits per heavy atom. The number of hydrogen-bond donors (Lipinski definition) is 1. The smallest absolute Gasteiger partial charge is 0.323 e. The maximum absolute atomic E-state index is 12.0. The largest absolute Gasteiger partial charge is 0.480 e. The van der Waals surface area contributed by atoms with E-state index >= 15 is 0 Å². The van der Waals surface area contributed by atoms with Crippen molar-refractivity contribution in [3.8, 4) is 0 Å². The first-order valence-electron chi connectivity index (χ1n) is 5.16. The number of carbonyl (C=O) groups is 2. The highest BCUT2D eigenvalue weighted by atomic mass is 35.5. The topological polar surface area (TPSA) is 70.8 Å². The summed E-state index contributed by atoms with van der Waals surface area (Å²) in [4.78, 5) is 24.0. The van der Waals surface area contributed by atoms with Gasteiger partial charge in [-0.25, -0.2) is 0 Å². The molecule has 0 radical (unpaired) electrons. The van der Waals surface area contributed by atoms with Gasteiger partial charge in [0, 0.05) is 6.54 Å². The van der Waals surface area contributed by atoms with Gasteiger partial charge in [0.1, 0.15) is 6.54 Å². The number of furan rings is 1. The fourth-order valence-corrected chi connectivity index (χ4v) is 1.64. The average Bonchev–Trinajstić information content (AvgIpc) is 2.61. The molecule has 94 valence electrons. The molecular formula is C11H14ClNO4. The summed E-state index contributed by atoms with van der Waals surface area (Å²) in [5.41, 5.74) is 0.188. The van der Waals surface area contributed by atoms with Crippen molar-refractivity contribution in [1.82, 2.24) is 4.90 Å². The van der Waals surface area contributed by atoms with Crippen molar-refractivity contribution in [1.29, 1.82) is 0 Å². The van der Waals surface area contributed by atoms with Crippen LogP contribution in [0.5, 0.6) is 0 Å².